The van der Waals surface area contributed by atoms with Gasteiger partial charge in [0, 0.05) is 6.07 Å². The van der Waals surface area contributed by atoms with Gasteiger partial charge in [0.1, 0.15) is 5.76 Å². The van der Waals surface area contributed by atoms with Gasteiger partial charge in [0.15, 0.2) is 23.9 Å². The Kier molecular flexibility index (Phi) is 5.19. The largest absolute Gasteiger partial charge is 0.493 e. The van der Waals surface area contributed by atoms with E-state index in [1.807, 2.05) is 18.2 Å². The van der Waals surface area contributed by atoms with Gasteiger partial charge >= 0.3 is 0 Å². The van der Waals surface area contributed by atoms with Crippen LogP contribution >= 0.6 is 0 Å². The van der Waals surface area contributed by atoms with Crippen LogP contribution < -0.4 is 14.8 Å². The molecule has 6 heteroatoms. The number of aryl methyl sites for hydroxylation is 1. The quantitative estimate of drug-likeness (QED) is 0.796. The minimum absolute atomic E-state index is 0.150. The lowest BCUT2D eigenvalue weighted by Gasteiger charge is -2.11. The molecule has 1 N–H and O–H groups in total. The van der Waals surface area contributed by atoms with Crippen molar-refractivity contribution in [1.29, 1.82) is 0 Å². The highest BCUT2D eigenvalue weighted by molar-refractivity contribution is 5.90. The van der Waals surface area contributed by atoms with E-state index in [2.05, 4.69) is 17.1 Å². The van der Waals surface area contributed by atoms with Crippen LogP contribution in [0.4, 0.5) is 5.82 Å². The Balaban J connectivity index is 1.95. The van der Waals surface area contributed by atoms with E-state index in [1.165, 1.54) is 0 Å². The third-order valence-corrected chi connectivity index (χ3v) is 2.86. The van der Waals surface area contributed by atoms with Crippen LogP contribution in [0.1, 0.15) is 11.3 Å². The summed E-state index contributed by atoms with van der Waals surface area (Å²) in [6, 6.07) is 7.15. The number of nitrogens with zero attached hydrogens (tertiary/aromatic N) is 1. The maximum absolute atomic E-state index is 11.8. The molecule has 116 valence electrons. The summed E-state index contributed by atoms with van der Waals surface area (Å²) in [5, 5.41) is 6.26. The van der Waals surface area contributed by atoms with E-state index < -0.39 is 0 Å². The number of hydrogen-bond donors (Lipinski definition) is 1. The van der Waals surface area contributed by atoms with Crippen molar-refractivity contribution < 1.29 is 18.8 Å². The van der Waals surface area contributed by atoms with Crippen molar-refractivity contribution in [3.8, 4) is 11.5 Å². The van der Waals surface area contributed by atoms with Crippen LogP contribution in [0, 0.1) is 6.92 Å². The van der Waals surface area contributed by atoms with Crippen molar-refractivity contribution >= 4 is 11.7 Å². The van der Waals surface area contributed by atoms with Crippen LogP contribution in [0.2, 0.25) is 0 Å². The summed E-state index contributed by atoms with van der Waals surface area (Å²) < 4.78 is 15.6. The van der Waals surface area contributed by atoms with Crippen LogP contribution in [0.15, 0.2) is 41.4 Å². The van der Waals surface area contributed by atoms with E-state index in [9.17, 15) is 4.79 Å². The fraction of sp³-hybridized carbons (Fsp3) is 0.250. The number of rotatable bonds is 7. The molecule has 1 aromatic heterocycles. The van der Waals surface area contributed by atoms with Crippen molar-refractivity contribution in [3.05, 3.63) is 48.2 Å². The van der Waals surface area contributed by atoms with E-state index in [1.54, 1.807) is 26.2 Å². The average molecular weight is 302 g/mol. The second-order valence-corrected chi connectivity index (χ2v) is 4.64. The summed E-state index contributed by atoms with van der Waals surface area (Å²) in [6.45, 7) is 5.29. The first kappa shape index (κ1) is 15.6. The first-order chi connectivity index (χ1) is 10.6. The zero-order valence-electron chi connectivity index (χ0n) is 12.6. The molecular formula is C16H18N2O4. The molecule has 0 unspecified atom stereocenters. The topological polar surface area (TPSA) is 73.6 Å². The summed E-state index contributed by atoms with van der Waals surface area (Å²) in [6.07, 6.45) is 2.55. The summed E-state index contributed by atoms with van der Waals surface area (Å²) >= 11 is 0. The molecule has 22 heavy (non-hydrogen) atoms. The van der Waals surface area contributed by atoms with Crippen LogP contribution in [0.5, 0.6) is 11.5 Å². The number of aromatic nitrogens is 1. The van der Waals surface area contributed by atoms with Crippen LogP contribution in [0.3, 0.4) is 0 Å². The minimum Gasteiger partial charge on any atom is -0.493 e. The fourth-order valence-electron chi connectivity index (χ4n) is 1.87. The predicted molar refractivity (Wildman–Crippen MR) is 82.3 cm³/mol. The SMILES string of the molecule is C=CCc1ccc(OCC(=O)Nc2cc(C)on2)c(OC)c1. The standard InChI is InChI=1S/C16H18N2O4/c1-4-5-12-6-7-13(14(9-12)20-3)21-10-16(19)17-15-8-11(2)22-18-15/h4,6-9H,1,5,10H2,2-3H3,(H,17,18,19). The van der Waals surface area contributed by atoms with E-state index in [0.717, 1.165) is 12.0 Å². The lowest BCUT2D eigenvalue weighted by molar-refractivity contribution is -0.118. The Hall–Kier alpha value is -2.76. The lowest BCUT2D eigenvalue weighted by atomic mass is 10.1. The molecule has 0 aliphatic carbocycles. The number of carbonyl (C=O) groups is 1. The van der Waals surface area contributed by atoms with Crippen molar-refractivity contribution in [2.24, 2.45) is 0 Å². The van der Waals surface area contributed by atoms with E-state index in [-0.39, 0.29) is 12.5 Å². The van der Waals surface area contributed by atoms with Crippen LogP contribution in [0.25, 0.3) is 0 Å². The maximum atomic E-state index is 11.8. The Morgan fingerprint density at radius 1 is 1.41 bits per heavy atom. The first-order valence-corrected chi connectivity index (χ1v) is 6.76. The van der Waals surface area contributed by atoms with Gasteiger partial charge in [-0.25, -0.2) is 0 Å². The van der Waals surface area contributed by atoms with Crippen LogP contribution in [-0.2, 0) is 11.2 Å². The number of methoxy groups -OCH3 is 1. The highest BCUT2D eigenvalue weighted by Crippen LogP contribution is 2.28. The highest BCUT2D eigenvalue weighted by Gasteiger charge is 2.10. The normalized spacial score (nSPS) is 10.1. The molecule has 0 saturated carbocycles. The fourth-order valence-corrected chi connectivity index (χ4v) is 1.87. The number of anilines is 1. The predicted octanol–water partition coefficient (Wildman–Crippen LogP) is 2.74. The molecular weight excluding hydrogens is 284 g/mol. The van der Waals surface area contributed by atoms with Gasteiger partial charge in [0.05, 0.1) is 7.11 Å². The van der Waals surface area contributed by atoms with Gasteiger partial charge in [-0.3, -0.25) is 4.79 Å². The van der Waals surface area contributed by atoms with E-state index >= 15 is 0 Å². The maximum Gasteiger partial charge on any atom is 0.263 e. The third-order valence-electron chi connectivity index (χ3n) is 2.86. The molecule has 0 atom stereocenters. The molecule has 0 aliphatic heterocycles. The van der Waals surface area contributed by atoms with Gasteiger partial charge in [-0.1, -0.05) is 17.3 Å². The summed E-state index contributed by atoms with van der Waals surface area (Å²) in [5.74, 6) is 1.73. The van der Waals surface area contributed by atoms with Gasteiger partial charge < -0.3 is 19.3 Å². The van der Waals surface area contributed by atoms with Crippen molar-refractivity contribution in [2.75, 3.05) is 19.0 Å². The Bertz CT molecular complexity index is 664. The summed E-state index contributed by atoms with van der Waals surface area (Å²) in [4.78, 5) is 11.8. The monoisotopic (exact) mass is 302 g/mol. The van der Waals surface area contributed by atoms with Crippen molar-refractivity contribution in [3.63, 3.8) is 0 Å². The number of hydrogen-bond acceptors (Lipinski definition) is 5. The van der Waals surface area contributed by atoms with Gasteiger partial charge in [0.2, 0.25) is 0 Å². The zero-order chi connectivity index (χ0) is 15.9. The molecule has 0 spiro atoms. The number of amides is 1. The smallest absolute Gasteiger partial charge is 0.263 e. The molecule has 2 rings (SSSR count). The molecule has 0 radical (unpaired) electrons. The molecule has 6 nitrogen and oxygen atoms in total. The minimum atomic E-state index is -0.328. The van der Waals surface area contributed by atoms with Crippen molar-refractivity contribution in [2.45, 2.75) is 13.3 Å². The Morgan fingerprint density at radius 3 is 2.86 bits per heavy atom. The Labute approximate surface area is 128 Å². The molecule has 0 saturated heterocycles. The van der Waals surface area contributed by atoms with Gasteiger partial charge in [-0.15, -0.1) is 6.58 Å². The number of benzene rings is 1. The molecule has 0 aliphatic rings. The molecule has 0 fully saturated rings. The summed E-state index contributed by atoms with van der Waals surface area (Å²) in [5.41, 5.74) is 1.06. The van der Waals surface area contributed by atoms with Crippen LogP contribution in [-0.4, -0.2) is 24.8 Å². The second kappa shape index (κ2) is 7.31. The third kappa shape index (κ3) is 4.12. The summed E-state index contributed by atoms with van der Waals surface area (Å²) in [7, 11) is 1.55. The second-order valence-electron chi connectivity index (χ2n) is 4.64. The van der Waals surface area contributed by atoms with Crippen molar-refractivity contribution in [1.82, 2.24) is 5.16 Å². The Morgan fingerprint density at radius 2 is 2.23 bits per heavy atom. The highest BCUT2D eigenvalue weighted by atomic mass is 16.5. The molecule has 2 aromatic rings. The molecule has 1 amide bonds. The molecule has 1 aromatic carbocycles. The lowest BCUT2D eigenvalue weighted by Crippen LogP contribution is -2.20. The van der Waals surface area contributed by atoms with Gasteiger partial charge in [-0.05, 0) is 31.0 Å². The number of carbonyl (C=O) groups excluding carboxylic acids is 1. The molecule has 0 bridgehead atoms. The van der Waals surface area contributed by atoms with E-state index in [4.69, 9.17) is 14.0 Å². The average Bonchev–Trinajstić information content (AvgIpc) is 2.91. The number of nitrogens with one attached hydrogen (secondary N) is 1. The molecule has 1 heterocycles. The number of allylic oxidation sites excluding steroid dienone is 1. The van der Waals surface area contributed by atoms with Gasteiger partial charge in [0.25, 0.3) is 5.91 Å². The first-order valence-electron chi connectivity index (χ1n) is 6.76. The zero-order valence-corrected chi connectivity index (χ0v) is 12.6. The van der Waals surface area contributed by atoms with Gasteiger partial charge in [-0.2, -0.15) is 0 Å². The van der Waals surface area contributed by atoms with E-state index in [0.29, 0.717) is 23.1 Å². The number of ether oxygens (including phenoxy) is 2.